The summed E-state index contributed by atoms with van der Waals surface area (Å²) in [6.45, 7) is 2.55. The molecule has 0 spiro atoms. The van der Waals surface area contributed by atoms with E-state index in [0.717, 1.165) is 17.0 Å². The summed E-state index contributed by atoms with van der Waals surface area (Å²) in [6, 6.07) is 5.35. The summed E-state index contributed by atoms with van der Waals surface area (Å²) >= 11 is 3.31. The molecule has 1 aromatic carbocycles. The molecule has 1 N–H and O–H groups in total. The highest BCUT2D eigenvalue weighted by Gasteiger charge is 2.07. The van der Waals surface area contributed by atoms with Crippen molar-refractivity contribution in [3.63, 3.8) is 0 Å². The summed E-state index contributed by atoms with van der Waals surface area (Å²) in [5, 5.41) is 8.48. The zero-order chi connectivity index (χ0) is 13.5. The van der Waals surface area contributed by atoms with Gasteiger partial charge in [-0.05, 0) is 36.8 Å². The van der Waals surface area contributed by atoms with Gasteiger partial charge in [0.1, 0.15) is 5.75 Å². The van der Waals surface area contributed by atoms with E-state index in [2.05, 4.69) is 15.9 Å². The summed E-state index contributed by atoms with van der Waals surface area (Å²) in [6.07, 6.45) is 3.32. The number of ketones is 1. The van der Waals surface area contributed by atoms with Gasteiger partial charge in [-0.25, -0.2) is 4.79 Å². The molecular weight excluding hydrogens is 300 g/mol. The smallest absolute Gasteiger partial charge is 0.376 e. The number of benzene rings is 1. The second-order valence-electron chi connectivity index (χ2n) is 3.53. The maximum absolute atomic E-state index is 11.0. The van der Waals surface area contributed by atoms with Crippen LogP contribution < -0.4 is 4.74 Å². The lowest BCUT2D eigenvalue weighted by Crippen LogP contribution is -2.08. The summed E-state index contributed by atoms with van der Waals surface area (Å²) in [4.78, 5) is 21.4. The molecule has 0 heterocycles. The Kier molecular flexibility index (Phi) is 5.58. The number of ether oxygens (including phenoxy) is 1. The van der Waals surface area contributed by atoms with Crippen molar-refractivity contribution in [1.82, 2.24) is 0 Å². The maximum Gasteiger partial charge on any atom is 0.376 e. The second-order valence-corrected chi connectivity index (χ2v) is 4.45. The van der Waals surface area contributed by atoms with E-state index in [1.807, 2.05) is 13.0 Å². The molecule has 4 nitrogen and oxygen atoms in total. The summed E-state index contributed by atoms with van der Waals surface area (Å²) in [7, 11) is 0. The number of aliphatic carboxylic acids is 1. The van der Waals surface area contributed by atoms with Crippen molar-refractivity contribution < 1.29 is 19.4 Å². The predicted molar refractivity (Wildman–Crippen MR) is 71.6 cm³/mol. The van der Waals surface area contributed by atoms with Crippen LogP contribution in [-0.2, 0) is 9.59 Å². The highest BCUT2D eigenvalue weighted by Crippen LogP contribution is 2.24. The Hall–Kier alpha value is -1.62. The van der Waals surface area contributed by atoms with Crippen LogP contribution in [0.3, 0.4) is 0 Å². The Morgan fingerprint density at radius 2 is 2.17 bits per heavy atom. The number of carbonyl (C=O) groups excluding carboxylic acids is 1. The van der Waals surface area contributed by atoms with Crippen molar-refractivity contribution in [3.8, 4) is 5.75 Å². The number of carbonyl (C=O) groups is 2. The van der Waals surface area contributed by atoms with Crippen LogP contribution in [0.1, 0.15) is 18.9 Å². The molecule has 0 bridgehead atoms. The second kappa shape index (κ2) is 6.96. The molecule has 0 fully saturated rings. The number of hydrogen-bond donors (Lipinski definition) is 1. The molecule has 1 rings (SSSR count). The van der Waals surface area contributed by atoms with E-state index < -0.39 is 11.8 Å². The van der Waals surface area contributed by atoms with E-state index in [1.54, 1.807) is 12.1 Å². The zero-order valence-corrected chi connectivity index (χ0v) is 11.4. The van der Waals surface area contributed by atoms with Gasteiger partial charge in [0.05, 0.1) is 6.61 Å². The van der Waals surface area contributed by atoms with Crippen molar-refractivity contribution in [3.05, 3.63) is 34.3 Å². The first-order valence-electron chi connectivity index (χ1n) is 5.42. The van der Waals surface area contributed by atoms with Crippen molar-refractivity contribution in [2.24, 2.45) is 0 Å². The third-order valence-corrected chi connectivity index (χ3v) is 2.55. The first kappa shape index (κ1) is 14.4. The van der Waals surface area contributed by atoms with E-state index in [9.17, 15) is 9.59 Å². The van der Waals surface area contributed by atoms with Crippen LogP contribution in [0.15, 0.2) is 28.7 Å². The van der Waals surface area contributed by atoms with Gasteiger partial charge in [0.25, 0.3) is 5.78 Å². The van der Waals surface area contributed by atoms with Crippen molar-refractivity contribution in [2.75, 3.05) is 6.61 Å². The lowest BCUT2D eigenvalue weighted by atomic mass is 10.1. The van der Waals surface area contributed by atoms with Crippen LogP contribution in [0.5, 0.6) is 5.75 Å². The van der Waals surface area contributed by atoms with Gasteiger partial charge in [-0.3, -0.25) is 4.79 Å². The van der Waals surface area contributed by atoms with Crippen LogP contribution in [0.4, 0.5) is 0 Å². The van der Waals surface area contributed by atoms with E-state index >= 15 is 0 Å². The van der Waals surface area contributed by atoms with Crippen LogP contribution in [0.2, 0.25) is 0 Å². The van der Waals surface area contributed by atoms with E-state index in [-0.39, 0.29) is 0 Å². The minimum absolute atomic E-state index is 0.565. The predicted octanol–water partition coefficient (Wildman–Crippen LogP) is 2.90. The fourth-order valence-corrected chi connectivity index (χ4v) is 1.61. The lowest BCUT2D eigenvalue weighted by molar-refractivity contribution is -0.146. The molecule has 5 heteroatoms. The standard InChI is InChI=1S/C13H13BrO4/c1-2-7-18-12-6-4-10(14)8-9(12)3-5-11(15)13(16)17/h3-6,8H,2,7H2,1H3,(H,16,17)/b5-3+. The van der Waals surface area contributed by atoms with E-state index in [4.69, 9.17) is 9.84 Å². The molecule has 0 saturated carbocycles. The third-order valence-electron chi connectivity index (χ3n) is 2.06. The fraction of sp³-hybridized carbons (Fsp3) is 0.231. The number of carboxylic acid groups (broad SMARTS) is 1. The maximum atomic E-state index is 11.0. The zero-order valence-electron chi connectivity index (χ0n) is 9.85. The van der Waals surface area contributed by atoms with Crippen molar-refractivity contribution >= 4 is 33.8 Å². The molecule has 0 atom stereocenters. The molecule has 0 aromatic heterocycles. The van der Waals surface area contributed by atoms with E-state index in [0.29, 0.717) is 17.9 Å². The first-order chi connectivity index (χ1) is 8.54. The van der Waals surface area contributed by atoms with Crippen LogP contribution in [0, 0.1) is 0 Å². The van der Waals surface area contributed by atoms with Gasteiger partial charge in [-0.1, -0.05) is 22.9 Å². The van der Waals surface area contributed by atoms with Gasteiger partial charge in [-0.2, -0.15) is 0 Å². The highest BCUT2D eigenvalue weighted by atomic mass is 79.9. The minimum Gasteiger partial charge on any atom is -0.493 e. The van der Waals surface area contributed by atoms with Gasteiger partial charge in [-0.15, -0.1) is 0 Å². The Labute approximate surface area is 113 Å². The lowest BCUT2D eigenvalue weighted by Gasteiger charge is -2.08. The molecule has 96 valence electrons. The summed E-state index contributed by atoms with van der Waals surface area (Å²) in [5.74, 6) is -1.82. The molecule has 0 aliphatic rings. The monoisotopic (exact) mass is 312 g/mol. The van der Waals surface area contributed by atoms with Crippen molar-refractivity contribution in [2.45, 2.75) is 13.3 Å². The molecule has 0 unspecified atom stereocenters. The molecule has 0 aliphatic carbocycles. The van der Waals surface area contributed by atoms with Crippen molar-refractivity contribution in [1.29, 1.82) is 0 Å². The van der Waals surface area contributed by atoms with Gasteiger partial charge in [0.15, 0.2) is 0 Å². The number of hydrogen-bond acceptors (Lipinski definition) is 3. The van der Waals surface area contributed by atoms with Gasteiger partial charge in [0.2, 0.25) is 0 Å². The van der Waals surface area contributed by atoms with Crippen LogP contribution in [0.25, 0.3) is 6.08 Å². The number of halogens is 1. The molecule has 0 amide bonds. The third kappa shape index (κ3) is 4.33. The number of rotatable bonds is 6. The minimum atomic E-state index is -1.47. The molecule has 1 aromatic rings. The van der Waals surface area contributed by atoms with Crippen LogP contribution in [-0.4, -0.2) is 23.5 Å². The SMILES string of the molecule is CCCOc1ccc(Br)cc1/C=C/C(=O)C(=O)O. The molecule has 0 radical (unpaired) electrons. The average molecular weight is 313 g/mol. The Bertz CT molecular complexity index is 480. The topological polar surface area (TPSA) is 63.6 Å². The summed E-state index contributed by atoms with van der Waals surface area (Å²) in [5.41, 5.74) is 0.660. The summed E-state index contributed by atoms with van der Waals surface area (Å²) < 4.78 is 6.33. The fourth-order valence-electron chi connectivity index (χ4n) is 1.23. The molecule has 18 heavy (non-hydrogen) atoms. The molecule has 0 saturated heterocycles. The van der Waals surface area contributed by atoms with Gasteiger partial charge in [0, 0.05) is 10.0 Å². The van der Waals surface area contributed by atoms with Gasteiger partial charge >= 0.3 is 5.97 Å². The average Bonchev–Trinajstić information content (AvgIpc) is 2.34. The van der Waals surface area contributed by atoms with E-state index in [1.165, 1.54) is 6.08 Å². The highest BCUT2D eigenvalue weighted by molar-refractivity contribution is 9.10. The van der Waals surface area contributed by atoms with Crippen LogP contribution >= 0.6 is 15.9 Å². The quantitative estimate of drug-likeness (QED) is 0.648. The first-order valence-corrected chi connectivity index (χ1v) is 6.21. The van der Waals surface area contributed by atoms with Gasteiger partial charge < -0.3 is 9.84 Å². The largest absolute Gasteiger partial charge is 0.493 e. The Balaban J connectivity index is 2.94. The molecular formula is C13H13BrO4. The normalized spacial score (nSPS) is 10.6. The number of carboxylic acids is 1. The molecule has 0 aliphatic heterocycles. The Morgan fingerprint density at radius 3 is 2.78 bits per heavy atom. The Morgan fingerprint density at radius 1 is 1.44 bits per heavy atom.